The fraction of sp³-hybridized carbons (Fsp3) is 0.560. The van der Waals surface area contributed by atoms with Gasteiger partial charge in [0.1, 0.15) is 17.3 Å². The predicted molar refractivity (Wildman–Crippen MR) is 138 cm³/mol. The molecule has 1 saturated heterocycles. The van der Waals surface area contributed by atoms with Gasteiger partial charge in [0.2, 0.25) is 10.0 Å². The van der Waals surface area contributed by atoms with Crippen LogP contribution >= 0.6 is 0 Å². The second-order valence-corrected chi connectivity index (χ2v) is 11.7. The van der Waals surface area contributed by atoms with Crippen molar-refractivity contribution in [3.8, 4) is 5.75 Å². The molecule has 1 aromatic rings. The number of ether oxygens (including phenoxy) is 1. The van der Waals surface area contributed by atoms with Crippen molar-refractivity contribution in [1.29, 1.82) is 0 Å². The van der Waals surface area contributed by atoms with Crippen molar-refractivity contribution in [3.63, 3.8) is 0 Å². The van der Waals surface area contributed by atoms with E-state index >= 15 is 0 Å². The van der Waals surface area contributed by atoms with E-state index in [0.29, 0.717) is 42.8 Å². The van der Waals surface area contributed by atoms with Gasteiger partial charge in [0, 0.05) is 33.2 Å². The summed E-state index contributed by atoms with van der Waals surface area (Å²) in [4.78, 5) is 7.07. The summed E-state index contributed by atoms with van der Waals surface area (Å²) in [6.07, 6.45) is 4.62. The Morgan fingerprint density at radius 1 is 1.14 bits per heavy atom. The zero-order valence-corrected chi connectivity index (χ0v) is 22.3. The lowest BCUT2D eigenvalue weighted by Crippen LogP contribution is -2.47. The van der Waals surface area contributed by atoms with Crippen LogP contribution in [0.15, 0.2) is 51.4 Å². The zero-order chi connectivity index (χ0) is 25.2. The number of likely N-dealkylation sites (N-methyl/N-ethyl adjacent to an activating group) is 2. The summed E-state index contributed by atoms with van der Waals surface area (Å²) in [5, 5.41) is 5.41. The molecule has 0 atom stereocenters. The van der Waals surface area contributed by atoms with Crippen LogP contribution in [0.3, 0.4) is 0 Å². The first-order valence-corrected chi connectivity index (χ1v) is 13.9. The van der Waals surface area contributed by atoms with E-state index in [0.717, 1.165) is 49.4 Å². The lowest BCUT2D eigenvalue weighted by atomic mass is 10.1. The van der Waals surface area contributed by atoms with Crippen LogP contribution in [0.2, 0.25) is 0 Å². The van der Waals surface area contributed by atoms with Gasteiger partial charge in [0.25, 0.3) is 0 Å². The highest BCUT2D eigenvalue weighted by Crippen LogP contribution is 2.31. The summed E-state index contributed by atoms with van der Waals surface area (Å²) in [5.41, 5.74) is 7.06. The topological polar surface area (TPSA) is 89.5 Å². The van der Waals surface area contributed by atoms with Gasteiger partial charge in [0.05, 0.1) is 34.7 Å². The van der Waals surface area contributed by atoms with Gasteiger partial charge in [-0.05, 0) is 44.0 Å². The number of hydrazine groups is 1. The number of rotatable bonds is 9. The SMILES string of the molecule is CCCC1=C2NC(c3cc(S(=O)(=O)N4CCN(C)CC4)ccc3OCCC(C)C)=NC=C2N(C)N1. The minimum absolute atomic E-state index is 0.261. The Hall–Kier alpha value is -2.56. The van der Waals surface area contributed by atoms with E-state index in [4.69, 9.17) is 4.74 Å². The van der Waals surface area contributed by atoms with Crippen LogP contribution < -0.4 is 15.5 Å². The molecule has 0 radical (unpaired) electrons. The van der Waals surface area contributed by atoms with E-state index in [-0.39, 0.29) is 4.90 Å². The number of allylic oxidation sites excluding steroid dienone is 1. The largest absolute Gasteiger partial charge is 0.493 e. The Morgan fingerprint density at radius 2 is 1.89 bits per heavy atom. The van der Waals surface area contributed by atoms with Crippen molar-refractivity contribution in [2.75, 3.05) is 46.9 Å². The highest BCUT2D eigenvalue weighted by molar-refractivity contribution is 7.89. The number of amidine groups is 1. The number of fused-ring (bicyclic) bond motifs is 1. The molecule has 2 N–H and O–H groups in total. The van der Waals surface area contributed by atoms with Crippen molar-refractivity contribution in [3.05, 3.63) is 47.1 Å². The molecule has 192 valence electrons. The van der Waals surface area contributed by atoms with E-state index < -0.39 is 10.0 Å². The number of aliphatic imine (C=N–C) groups is 1. The molecule has 10 heteroatoms. The van der Waals surface area contributed by atoms with Crippen LogP contribution in [0.25, 0.3) is 0 Å². The van der Waals surface area contributed by atoms with Crippen molar-refractivity contribution in [2.24, 2.45) is 10.9 Å². The molecule has 0 spiro atoms. The number of sulfonamides is 1. The first kappa shape index (κ1) is 25.5. The molecule has 1 aromatic carbocycles. The molecule has 4 rings (SSSR count). The number of hydrogen-bond donors (Lipinski definition) is 2. The second kappa shape index (κ2) is 10.6. The second-order valence-electron chi connectivity index (χ2n) is 9.79. The van der Waals surface area contributed by atoms with Gasteiger partial charge < -0.3 is 20.4 Å². The van der Waals surface area contributed by atoms with Crippen LogP contribution in [0.4, 0.5) is 0 Å². The summed E-state index contributed by atoms with van der Waals surface area (Å²) in [7, 11) is 0.347. The molecule has 0 aromatic heterocycles. The third kappa shape index (κ3) is 5.49. The summed E-state index contributed by atoms with van der Waals surface area (Å²) < 4.78 is 34.7. The third-order valence-corrected chi connectivity index (χ3v) is 8.43. The average molecular weight is 503 g/mol. The summed E-state index contributed by atoms with van der Waals surface area (Å²) in [5.74, 6) is 1.72. The van der Waals surface area contributed by atoms with Crippen molar-refractivity contribution < 1.29 is 13.2 Å². The summed E-state index contributed by atoms with van der Waals surface area (Å²) >= 11 is 0. The van der Waals surface area contributed by atoms with Crippen LogP contribution in [0.1, 0.15) is 45.6 Å². The molecule has 3 heterocycles. The number of hydrogen-bond acceptors (Lipinski definition) is 8. The third-order valence-electron chi connectivity index (χ3n) is 6.54. The maximum Gasteiger partial charge on any atom is 0.243 e. The van der Waals surface area contributed by atoms with Gasteiger partial charge in [-0.15, -0.1) is 0 Å². The van der Waals surface area contributed by atoms with Gasteiger partial charge in [-0.1, -0.05) is 27.2 Å². The van der Waals surface area contributed by atoms with E-state index in [1.54, 1.807) is 22.5 Å². The van der Waals surface area contributed by atoms with Gasteiger partial charge in [0.15, 0.2) is 0 Å². The van der Waals surface area contributed by atoms with E-state index in [9.17, 15) is 8.42 Å². The Kier molecular flexibility index (Phi) is 7.73. The highest BCUT2D eigenvalue weighted by atomic mass is 32.2. The lowest BCUT2D eigenvalue weighted by molar-refractivity contribution is 0.222. The van der Waals surface area contributed by atoms with E-state index in [1.165, 1.54) is 0 Å². The zero-order valence-electron chi connectivity index (χ0n) is 21.5. The van der Waals surface area contributed by atoms with Crippen LogP contribution in [0.5, 0.6) is 5.75 Å². The molecule has 3 aliphatic heterocycles. The minimum Gasteiger partial charge on any atom is -0.493 e. The standard InChI is InChI=1S/C25H38N6O3S/c1-6-7-21-24-22(30(5)28-21)17-26-25(27-24)20-16-19(8-9-23(20)34-15-10-18(2)3)35(32,33)31-13-11-29(4)12-14-31/h8-9,16-18,28H,6-7,10-15H2,1-5H3,(H,26,27). The molecule has 1 fully saturated rings. The number of piperazine rings is 1. The molecule has 35 heavy (non-hydrogen) atoms. The van der Waals surface area contributed by atoms with E-state index in [1.807, 2.05) is 25.3 Å². The smallest absolute Gasteiger partial charge is 0.243 e. The number of nitrogens with zero attached hydrogens (tertiary/aromatic N) is 4. The predicted octanol–water partition coefficient (Wildman–Crippen LogP) is 2.70. The summed E-state index contributed by atoms with van der Waals surface area (Å²) in [6.45, 7) is 9.41. The quantitative estimate of drug-likeness (QED) is 0.537. The number of benzene rings is 1. The summed E-state index contributed by atoms with van der Waals surface area (Å²) in [6, 6.07) is 5.12. The molecule has 3 aliphatic rings. The molecule has 9 nitrogen and oxygen atoms in total. The molecule has 0 bridgehead atoms. The average Bonchev–Trinajstić information content (AvgIpc) is 3.14. The van der Waals surface area contributed by atoms with Gasteiger partial charge in [-0.3, -0.25) is 5.01 Å². The first-order valence-electron chi connectivity index (χ1n) is 12.5. The van der Waals surface area contributed by atoms with Crippen LogP contribution in [0, 0.1) is 5.92 Å². The molecule has 0 unspecified atom stereocenters. The first-order chi connectivity index (χ1) is 16.7. The van der Waals surface area contributed by atoms with Crippen molar-refractivity contribution in [1.82, 2.24) is 25.0 Å². The Labute approximate surface area is 209 Å². The fourth-order valence-electron chi connectivity index (χ4n) is 4.34. The van der Waals surface area contributed by atoms with E-state index in [2.05, 4.69) is 41.4 Å². The monoisotopic (exact) mass is 502 g/mol. The Bertz CT molecular complexity index is 1130. The normalized spacial score (nSPS) is 19.3. The fourth-order valence-corrected chi connectivity index (χ4v) is 5.79. The van der Waals surface area contributed by atoms with Crippen molar-refractivity contribution >= 4 is 15.9 Å². The molecule has 0 amide bonds. The Morgan fingerprint density at radius 3 is 2.57 bits per heavy atom. The molecule has 0 aliphatic carbocycles. The van der Waals surface area contributed by atoms with Gasteiger partial charge >= 0.3 is 0 Å². The van der Waals surface area contributed by atoms with Crippen molar-refractivity contribution in [2.45, 2.75) is 44.9 Å². The molecular formula is C25H38N6O3S. The molecular weight excluding hydrogens is 464 g/mol. The maximum absolute atomic E-state index is 13.5. The highest BCUT2D eigenvalue weighted by Gasteiger charge is 2.31. The maximum atomic E-state index is 13.5. The van der Waals surface area contributed by atoms with Gasteiger partial charge in [-0.25, -0.2) is 13.4 Å². The minimum atomic E-state index is -3.62. The Balaban J connectivity index is 1.70. The number of nitrogens with one attached hydrogen (secondary N) is 2. The van der Waals surface area contributed by atoms with Gasteiger partial charge in [-0.2, -0.15) is 4.31 Å². The lowest BCUT2D eigenvalue weighted by Gasteiger charge is -2.31. The van der Waals surface area contributed by atoms with Crippen LogP contribution in [-0.2, 0) is 10.0 Å². The molecule has 0 saturated carbocycles. The van der Waals surface area contributed by atoms with Crippen LogP contribution in [-0.4, -0.2) is 75.3 Å².